The van der Waals surface area contributed by atoms with Gasteiger partial charge in [0.05, 0.1) is 11.4 Å². The quantitative estimate of drug-likeness (QED) is 0.179. The van der Waals surface area contributed by atoms with Gasteiger partial charge in [0.25, 0.3) is 0 Å². The molecule has 1 saturated carbocycles. The molecular weight excluding hydrogens is 669 g/mol. The van der Waals surface area contributed by atoms with Crippen molar-refractivity contribution in [3.8, 4) is 67.3 Å². The Labute approximate surface area is 321 Å². The van der Waals surface area contributed by atoms with Gasteiger partial charge in [0.1, 0.15) is 11.2 Å². The third-order valence-corrected chi connectivity index (χ3v) is 12.1. The van der Waals surface area contributed by atoms with Gasteiger partial charge in [-0.1, -0.05) is 159 Å². The maximum atomic E-state index is 6.74. The summed E-state index contributed by atoms with van der Waals surface area (Å²) in [7, 11) is 0. The minimum absolute atomic E-state index is 0.0808. The first kappa shape index (κ1) is 31.9. The number of rotatable bonds is 5. The van der Waals surface area contributed by atoms with Gasteiger partial charge in [-0.15, -0.1) is 0 Å². The fourth-order valence-corrected chi connectivity index (χ4v) is 9.50. The van der Waals surface area contributed by atoms with E-state index < -0.39 is 0 Å². The van der Waals surface area contributed by atoms with Crippen molar-refractivity contribution < 1.29 is 4.42 Å². The van der Waals surface area contributed by atoms with E-state index in [2.05, 4.69) is 146 Å². The van der Waals surface area contributed by atoms with Crippen LogP contribution in [0, 0.1) is 0 Å². The molecule has 262 valence electrons. The smallest absolute Gasteiger partial charge is 0.160 e. The number of benzene rings is 7. The van der Waals surface area contributed by atoms with Crippen LogP contribution in [-0.4, -0.2) is 9.97 Å². The third kappa shape index (κ3) is 5.26. The van der Waals surface area contributed by atoms with Crippen LogP contribution >= 0.6 is 0 Å². The summed E-state index contributed by atoms with van der Waals surface area (Å²) in [6.07, 6.45) is 6.28. The van der Waals surface area contributed by atoms with Crippen LogP contribution in [0.1, 0.15) is 43.2 Å². The average molecular weight is 707 g/mol. The first-order valence-electron chi connectivity index (χ1n) is 19.5. The number of hydrogen-bond donors (Lipinski definition) is 0. The predicted octanol–water partition coefficient (Wildman–Crippen LogP) is 13.9. The van der Waals surface area contributed by atoms with Crippen molar-refractivity contribution in [3.63, 3.8) is 0 Å². The van der Waals surface area contributed by atoms with Crippen LogP contribution in [0.4, 0.5) is 0 Å². The van der Waals surface area contributed by atoms with Crippen molar-refractivity contribution in [1.29, 1.82) is 0 Å². The van der Waals surface area contributed by atoms with E-state index >= 15 is 0 Å². The molecule has 7 aromatic carbocycles. The normalized spacial score (nSPS) is 14.3. The van der Waals surface area contributed by atoms with Crippen molar-refractivity contribution in [3.05, 3.63) is 181 Å². The molecule has 0 saturated heterocycles. The Morgan fingerprint density at radius 2 is 0.945 bits per heavy atom. The zero-order valence-corrected chi connectivity index (χ0v) is 30.5. The van der Waals surface area contributed by atoms with Crippen LogP contribution in [0.15, 0.2) is 174 Å². The number of aromatic nitrogens is 2. The second-order valence-electron chi connectivity index (χ2n) is 15.2. The summed E-state index contributed by atoms with van der Waals surface area (Å²) in [6.45, 7) is 0. The molecule has 2 aromatic heterocycles. The number of fused-ring (bicyclic) bond motifs is 8. The molecule has 9 aromatic rings. The molecule has 0 atom stereocenters. The lowest BCUT2D eigenvalue weighted by molar-refractivity contribution is 0.353. The van der Waals surface area contributed by atoms with Gasteiger partial charge in [-0.05, 0) is 87.7 Å². The summed E-state index contributed by atoms with van der Waals surface area (Å²) >= 11 is 0. The summed E-state index contributed by atoms with van der Waals surface area (Å²) in [5, 5.41) is 2.23. The molecule has 0 bridgehead atoms. The summed E-state index contributed by atoms with van der Waals surface area (Å²) in [5.41, 5.74) is 17.3. The summed E-state index contributed by atoms with van der Waals surface area (Å²) < 4.78 is 6.74. The summed E-state index contributed by atoms with van der Waals surface area (Å²) in [4.78, 5) is 10.2. The first-order chi connectivity index (χ1) is 27.2. The molecule has 11 rings (SSSR count). The van der Waals surface area contributed by atoms with E-state index in [4.69, 9.17) is 14.4 Å². The van der Waals surface area contributed by atoms with Gasteiger partial charge in [0.2, 0.25) is 0 Å². The summed E-state index contributed by atoms with van der Waals surface area (Å²) in [6, 6.07) is 60.8. The first-order valence-corrected chi connectivity index (χ1v) is 19.5. The van der Waals surface area contributed by atoms with Crippen LogP contribution in [0.3, 0.4) is 0 Å². The van der Waals surface area contributed by atoms with E-state index in [9.17, 15) is 0 Å². The van der Waals surface area contributed by atoms with Crippen molar-refractivity contribution in [1.82, 2.24) is 9.97 Å². The van der Waals surface area contributed by atoms with E-state index in [1.54, 1.807) is 0 Å². The molecule has 0 unspecified atom stereocenters. The van der Waals surface area contributed by atoms with Crippen LogP contribution in [-0.2, 0) is 5.41 Å². The standard InChI is InChI=1S/C52H38N2O/c1-4-13-34(14-5-1)35-21-23-36(24-22-35)46-33-47(54-51(53-46)37-15-6-2-7-16-37)39-26-28-43-42-27-25-38(31-48(42)55-49(43)32-39)40-18-12-19-44-41-17-8-9-20-45(41)52(50(40)44)29-10-3-11-30-52/h1-2,4-9,12-28,31-33H,3,10-11,29-30H2. The Kier molecular flexibility index (Phi) is 7.41. The second-order valence-corrected chi connectivity index (χ2v) is 15.2. The van der Waals surface area contributed by atoms with E-state index in [1.807, 2.05) is 24.3 Å². The Hall–Kier alpha value is -6.58. The van der Waals surface area contributed by atoms with Gasteiger partial charge in [-0.25, -0.2) is 9.97 Å². The third-order valence-electron chi connectivity index (χ3n) is 12.1. The number of nitrogens with zero attached hydrogens (tertiary/aromatic N) is 2. The van der Waals surface area contributed by atoms with Crippen molar-refractivity contribution in [2.45, 2.75) is 37.5 Å². The Balaban J connectivity index is 1.00. The maximum absolute atomic E-state index is 6.74. The SMILES string of the molecule is c1ccc(-c2ccc(-c3cc(-c4ccc5c(c4)oc4cc(-c6cccc7c6C6(CCCCC6)c6ccccc6-7)ccc45)nc(-c4ccccc4)n3)cc2)cc1. The van der Waals surface area contributed by atoms with Gasteiger partial charge < -0.3 is 4.42 Å². The van der Waals surface area contributed by atoms with Gasteiger partial charge in [0.15, 0.2) is 5.82 Å². The number of furan rings is 1. The lowest BCUT2D eigenvalue weighted by Gasteiger charge is -2.37. The fraction of sp³-hybridized carbons (Fsp3) is 0.115. The van der Waals surface area contributed by atoms with E-state index in [0.29, 0.717) is 5.82 Å². The highest BCUT2D eigenvalue weighted by Gasteiger charge is 2.45. The molecule has 3 heteroatoms. The molecule has 0 aliphatic heterocycles. The highest BCUT2D eigenvalue weighted by atomic mass is 16.3. The van der Waals surface area contributed by atoms with Crippen LogP contribution in [0.25, 0.3) is 89.2 Å². The lowest BCUT2D eigenvalue weighted by Crippen LogP contribution is -2.28. The minimum atomic E-state index is 0.0808. The Morgan fingerprint density at radius 1 is 0.400 bits per heavy atom. The predicted molar refractivity (Wildman–Crippen MR) is 226 cm³/mol. The molecule has 0 radical (unpaired) electrons. The zero-order valence-electron chi connectivity index (χ0n) is 30.5. The monoisotopic (exact) mass is 706 g/mol. The largest absolute Gasteiger partial charge is 0.456 e. The van der Waals surface area contributed by atoms with E-state index in [0.717, 1.165) is 50.0 Å². The van der Waals surface area contributed by atoms with E-state index in [-0.39, 0.29) is 5.41 Å². The maximum Gasteiger partial charge on any atom is 0.160 e. The highest BCUT2D eigenvalue weighted by molar-refractivity contribution is 6.07. The Morgan fingerprint density at radius 3 is 1.69 bits per heavy atom. The van der Waals surface area contributed by atoms with Crippen molar-refractivity contribution >= 4 is 21.9 Å². The number of hydrogen-bond acceptors (Lipinski definition) is 3. The molecule has 55 heavy (non-hydrogen) atoms. The molecule has 2 aliphatic carbocycles. The lowest BCUT2D eigenvalue weighted by atomic mass is 9.66. The molecule has 1 fully saturated rings. The molecule has 0 amide bonds. The van der Waals surface area contributed by atoms with E-state index in [1.165, 1.54) is 76.6 Å². The molecule has 2 heterocycles. The van der Waals surface area contributed by atoms with Gasteiger partial charge in [0, 0.05) is 32.9 Å². The molecular formula is C52H38N2O. The molecule has 2 aliphatic rings. The van der Waals surface area contributed by atoms with Gasteiger partial charge in [-0.3, -0.25) is 0 Å². The highest BCUT2D eigenvalue weighted by Crippen LogP contribution is 2.58. The fourth-order valence-electron chi connectivity index (χ4n) is 9.50. The zero-order chi connectivity index (χ0) is 36.3. The second kappa shape index (κ2) is 12.8. The Bertz CT molecular complexity index is 2880. The topological polar surface area (TPSA) is 38.9 Å². The molecule has 0 N–H and O–H groups in total. The average Bonchev–Trinajstić information content (AvgIpc) is 3.76. The molecule has 3 nitrogen and oxygen atoms in total. The van der Waals surface area contributed by atoms with Crippen molar-refractivity contribution in [2.75, 3.05) is 0 Å². The van der Waals surface area contributed by atoms with Crippen LogP contribution in [0.2, 0.25) is 0 Å². The van der Waals surface area contributed by atoms with Gasteiger partial charge in [-0.2, -0.15) is 0 Å². The molecule has 1 spiro atoms. The van der Waals surface area contributed by atoms with Crippen molar-refractivity contribution in [2.24, 2.45) is 0 Å². The minimum Gasteiger partial charge on any atom is -0.456 e. The van der Waals surface area contributed by atoms with Gasteiger partial charge >= 0.3 is 0 Å². The van der Waals surface area contributed by atoms with Crippen LogP contribution in [0.5, 0.6) is 0 Å². The summed E-state index contributed by atoms with van der Waals surface area (Å²) in [5.74, 6) is 0.697. The van der Waals surface area contributed by atoms with Crippen LogP contribution < -0.4 is 0 Å².